The van der Waals surface area contributed by atoms with Crippen LogP contribution in [0.4, 0.5) is 31.1 Å². The maximum absolute atomic E-state index is 13.2. The summed E-state index contributed by atoms with van der Waals surface area (Å²) < 4.78 is 84.5. The van der Waals surface area contributed by atoms with E-state index < -0.39 is 41.7 Å². The highest BCUT2D eigenvalue weighted by atomic mass is 19.4. The topological polar surface area (TPSA) is 29.5 Å². The lowest BCUT2D eigenvalue weighted by Crippen LogP contribution is -2.31. The molecule has 0 saturated carbocycles. The van der Waals surface area contributed by atoms with Gasteiger partial charge in [-0.1, -0.05) is 18.2 Å². The van der Waals surface area contributed by atoms with E-state index in [1.807, 2.05) is 18.2 Å². The number of halogens is 6. The van der Waals surface area contributed by atoms with E-state index >= 15 is 0 Å². The Bertz CT molecular complexity index is 998. The Morgan fingerprint density at radius 2 is 1.50 bits per heavy atom. The fourth-order valence-electron chi connectivity index (χ4n) is 4.38. The van der Waals surface area contributed by atoms with Gasteiger partial charge in [-0.05, 0) is 73.1 Å². The van der Waals surface area contributed by atoms with Gasteiger partial charge in [0.2, 0.25) is 0 Å². The van der Waals surface area contributed by atoms with Crippen LogP contribution in [0.3, 0.4) is 0 Å². The van der Waals surface area contributed by atoms with Gasteiger partial charge in [-0.25, -0.2) is 4.79 Å². The zero-order valence-corrected chi connectivity index (χ0v) is 17.2. The molecule has 2 atom stereocenters. The van der Waals surface area contributed by atoms with Crippen LogP contribution in [0.15, 0.2) is 36.4 Å². The van der Waals surface area contributed by atoms with Crippen molar-refractivity contribution in [1.29, 1.82) is 0 Å². The number of nitrogens with zero attached hydrogens (tertiary/aromatic N) is 1. The summed E-state index contributed by atoms with van der Waals surface area (Å²) in [4.78, 5) is 13.8. The molecular weight excluding hydrogens is 436 g/mol. The molecule has 32 heavy (non-hydrogen) atoms. The first kappa shape index (κ1) is 22.5. The second kappa shape index (κ2) is 8.01. The van der Waals surface area contributed by atoms with Crippen LogP contribution in [0.25, 0.3) is 0 Å². The molecule has 172 valence electrons. The number of cyclic esters (lactones) is 1. The molecule has 0 radical (unpaired) electrons. The van der Waals surface area contributed by atoms with Crippen molar-refractivity contribution in [3.8, 4) is 0 Å². The first-order valence-electron chi connectivity index (χ1n) is 10.3. The summed E-state index contributed by atoms with van der Waals surface area (Å²) in [6, 6.07) is 6.46. The van der Waals surface area contributed by atoms with Crippen molar-refractivity contribution in [2.45, 2.75) is 63.7 Å². The van der Waals surface area contributed by atoms with E-state index in [1.54, 1.807) is 6.92 Å². The number of fused-ring (bicyclic) bond motifs is 1. The van der Waals surface area contributed by atoms with Crippen LogP contribution in [-0.4, -0.2) is 17.0 Å². The maximum atomic E-state index is 13.2. The third-order valence-corrected chi connectivity index (χ3v) is 6.10. The molecule has 4 rings (SSSR count). The Morgan fingerprint density at radius 1 is 0.906 bits per heavy atom. The highest BCUT2D eigenvalue weighted by Gasteiger charge is 2.43. The minimum atomic E-state index is -4.97. The lowest BCUT2D eigenvalue weighted by molar-refractivity contribution is -0.143. The Labute approximate surface area is 181 Å². The van der Waals surface area contributed by atoms with Crippen LogP contribution >= 0.6 is 0 Å². The molecule has 2 aliphatic rings. The molecule has 2 aromatic rings. The smallest absolute Gasteiger partial charge is 0.416 e. The molecule has 1 fully saturated rings. The summed E-state index contributed by atoms with van der Waals surface area (Å²) in [5.41, 5.74) is 0.116. The minimum Gasteiger partial charge on any atom is -0.439 e. The Kier molecular flexibility index (Phi) is 5.63. The van der Waals surface area contributed by atoms with Gasteiger partial charge in [0.1, 0.15) is 6.10 Å². The molecule has 0 spiro atoms. The van der Waals surface area contributed by atoms with Crippen molar-refractivity contribution >= 4 is 6.09 Å². The number of alkyl halides is 6. The lowest BCUT2D eigenvalue weighted by Gasteiger charge is -2.23. The summed E-state index contributed by atoms with van der Waals surface area (Å²) >= 11 is 0. The molecule has 0 bridgehead atoms. The van der Waals surface area contributed by atoms with E-state index in [2.05, 4.69) is 0 Å². The molecule has 1 saturated heterocycles. The normalized spacial score (nSPS) is 21.5. The van der Waals surface area contributed by atoms with Crippen LogP contribution in [0.5, 0.6) is 0 Å². The number of carbonyl (C=O) groups excluding carboxylic acids is 1. The predicted molar refractivity (Wildman–Crippen MR) is 104 cm³/mol. The number of amides is 1. The highest BCUT2D eigenvalue weighted by molar-refractivity contribution is 5.71. The molecule has 1 aliphatic heterocycles. The molecular formula is C23H21F6NO2. The number of ether oxygens (including phenoxy) is 1. The van der Waals surface area contributed by atoms with Gasteiger partial charge < -0.3 is 4.74 Å². The van der Waals surface area contributed by atoms with Crippen LogP contribution < -0.4 is 0 Å². The van der Waals surface area contributed by atoms with Gasteiger partial charge in [-0.2, -0.15) is 26.3 Å². The number of hydrogen-bond acceptors (Lipinski definition) is 2. The molecule has 0 aromatic heterocycles. The molecule has 2 aromatic carbocycles. The molecule has 9 heteroatoms. The molecule has 0 unspecified atom stereocenters. The van der Waals surface area contributed by atoms with Crippen molar-refractivity contribution in [2.24, 2.45) is 0 Å². The predicted octanol–water partition coefficient (Wildman–Crippen LogP) is 6.69. The summed E-state index contributed by atoms with van der Waals surface area (Å²) in [6.45, 7) is 1.72. The summed E-state index contributed by atoms with van der Waals surface area (Å²) in [7, 11) is 0. The van der Waals surface area contributed by atoms with E-state index in [-0.39, 0.29) is 18.2 Å². The van der Waals surface area contributed by atoms with E-state index in [9.17, 15) is 31.1 Å². The van der Waals surface area contributed by atoms with Gasteiger partial charge in [-0.15, -0.1) is 0 Å². The van der Waals surface area contributed by atoms with Gasteiger partial charge in [-0.3, -0.25) is 4.90 Å². The van der Waals surface area contributed by atoms with Crippen molar-refractivity contribution in [3.05, 3.63) is 69.8 Å². The first-order chi connectivity index (χ1) is 14.9. The number of rotatable bonds is 3. The van der Waals surface area contributed by atoms with Crippen LogP contribution in [-0.2, 0) is 36.5 Å². The highest BCUT2D eigenvalue weighted by Crippen LogP contribution is 2.41. The zero-order chi connectivity index (χ0) is 23.3. The largest absolute Gasteiger partial charge is 0.439 e. The molecule has 3 nitrogen and oxygen atoms in total. The van der Waals surface area contributed by atoms with Gasteiger partial charge in [0.25, 0.3) is 0 Å². The van der Waals surface area contributed by atoms with Gasteiger partial charge >= 0.3 is 18.4 Å². The summed E-state index contributed by atoms with van der Waals surface area (Å²) in [5, 5.41) is 0. The quantitative estimate of drug-likeness (QED) is 0.481. The monoisotopic (exact) mass is 457 g/mol. The molecule has 1 amide bonds. The Morgan fingerprint density at radius 3 is 2.09 bits per heavy atom. The molecule has 0 N–H and O–H groups in total. The van der Waals surface area contributed by atoms with Crippen LogP contribution in [0, 0.1) is 0 Å². The lowest BCUT2D eigenvalue weighted by atomic mass is 9.90. The van der Waals surface area contributed by atoms with E-state index in [1.165, 1.54) is 16.0 Å². The van der Waals surface area contributed by atoms with Crippen LogP contribution in [0.2, 0.25) is 0 Å². The average Bonchev–Trinajstić information content (AvgIpc) is 3.00. The van der Waals surface area contributed by atoms with Crippen molar-refractivity contribution < 1.29 is 35.9 Å². The van der Waals surface area contributed by atoms with Gasteiger partial charge in [0, 0.05) is 6.54 Å². The average molecular weight is 457 g/mol. The van der Waals surface area contributed by atoms with E-state index in [4.69, 9.17) is 4.74 Å². The van der Waals surface area contributed by atoms with Gasteiger partial charge in [0.05, 0.1) is 17.2 Å². The number of benzene rings is 2. The molecule has 1 aliphatic carbocycles. The van der Waals surface area contributed by atoms with Crippen molar-refractivity contribution in [3.63, 3.8) is 0 Å². The Balaban J connectivity index is 1.62. The second-order valence-electron chi connectivity index (χ2n) is 8.32. The maximum Gasteiger partial charge on any atom is 0.416 e. The second-order valence-corrected chi connectivity index (χ2v) is 8.32. The third-order valence-electron chi connectivity index (χ3n) is 6.10. The SMILES string of the molecule is C[C@H]1[C@@H](c2cc(C(F)(F)F)cc(C(F)(F)F)c2)OC(=O)N1Cc1ccc2c(c1)CCCC2. The minimum absolute atomic E-state index is 0.0653. The van der Waals surface area contributed by atoms with E-state index in [0.717, 1.165) is 31.2 Å². The Hall–Kier alpha value is -2.71. The van der Waals surface area contributed by atoms with E-state index in [0.29, 0.717) is 12.1 Å². The number of aryl methyl sites for hydroxylation is 2. The first-order valence-corrected chi connectivity index (χ1v) is 10.3. The summed E-state index contributed by atoms with van der Waals surface area (Å²) in [5.74, 6) is 0. The fraction of sp³-hybridized carbons (Fsp3) is 0.435. The number of hydrogen-bond donors (Lipinski definition) is 0. The zero-order valence-electron chi connectivity index (χ0n) is 17.2. The standard InChI is InChI=1S/C23H21F6NO2/c1-13-20(17-9-18(22(24,25)26)11-19(10-17)23(27,28)29)32-21(31)30(13)12-14-6-7-15-4-2-3-5-16(15)8-14/h6-11,13,20H,2-5,12H2,1H3/t13-,20-/m0/s1. The molecule has 1 heterocycles. The van der Waals surface area contributed by atoms with Crippen molar-refractivity contribution in [2.75, 3.05) is 0 Å². The fourth-order valence-corrected chi connectivity index (χ4v) is 4.38. The number of carbonyl (C=O) groups is 1. The summed E-state index contributed by atoms with van der Waals surface area (Å²) in [6.07, 6.45) is -7.81. The third kappa shape index (κ3) is 4.42. The van der Waals surface area contributed by atoms with Crippen molar-refractivity contribution in [1.82, 2.24) is 4.90 Å². The van der Waals surface area contributed by atoms with Gasteiger partial charge in [0.15, 0.2) is 0 Å². The van der Waals surface area contributed by atoms with Crippen LogP contribution in [0.1, 0.15) is 59.3 Å².